The van der Waals surface area contributed by atoms with Crippen LogP contribution in [0.2, 0.25) is 0 Å². The SMILES string of the molecule is COc1cc(Br)nc(C(C)(C)F)c1. The number of nitrogens with zero attached hydrogens (tertiary/aromatic N) is 1. The largest absolute Gasteiger partial charge is 0.497 e. The Morgan fingerprint density at radius 1 is 1.46 bits per heavy atom. The van der Waals surface area contributed by atoms with Crippen molar-refractivity contribution in [3.8, 4) is 5.75 Å². The lowest BCUT2D eigenvalue weighted by molar-refractivity contribution is 0.213. The van der Waals surface area contributed by atoms with Crippen LogP contribution in [0.15, 0.2) is 16.7 Å². The molecule has 0 unspecified atom stereocenters. The molecule has 0 aliphatic carbocycles. The fourth-order valence-corrected chi connectivity index (χ4v) is 1.31. The van der Waals surface area contributed by atoms with Crippen LogP contribution in [-0.2, 0) is 5.67 Å². The molecular formula is C9H11BrFNO. The normalized spacial score (nSPS) is 11.5. The summed E-state index contributed by atoms with van der Waals surface area (Å²) in [5, 5.41) is 0. The summed E-state index contributed by atoms with van der Waals surface area (Å²) in [6, 6.07) is 3.28. The van der Waals surface area contributed by atoms with E-state index < -0.39 is 5.67 Å². The summed E-state index contributed by atoms with van der Waals surface area (Å²) in [5.41, 5.74) is -1.09. The molecule has 4 heteroatoms. The highest BCUT2D eigenvalue weighted by atomic mass is 79.9. The van der Waals surface area contributed by atoms with Crippen LogP contribution in [0.4, 0.5) is 4.39 Å². The molecule has 72 valence electrons. The van der Waals surface area contributed by atoms with E-state index in [0.29, 0.717) is 16.0 Å². The van der Waals surface area contributed by atoms with E-state index >= 15 is 0 Å². The van der Waals surface area contributed by atoms with Crippen molar-refractivity contribution in [3.05, 3.63) is 22.4 Å². The van der Waals surface area contributed by atoms with Crippen LogP contribution >= 0.6 is 15.9 Å². The minimum absolute atomic E-state index is 0.360. The zero-order chi connectivity index (χ0) is 10.1. The van der Waals surface area contributed by atoms with Gasteiger partial charge in [0, 0.05) is 12.1 Å². The molecule has 1 aromatic heterocycles. The molecule has 0 amide bonds. The smallest absolute Gasteiger partial charge is 0.147 e. The predicted molar refractivity (Wildman–Crippen MR) is 52.6 cm³/mol. The zero-order valence-electron chi connectivity index (χ0n) is 7.77. The van der Waals surface area contributed by atoms with Gasteiger partial charge in [-0.15, -0.1) is 0 Å². The fourth-order valence-electron chi connectivity index (χ4n) is 0.896. The van der Waals surface area contributed by atoms with E-state index in [-0.39, 0.29) is 0 Å². The average Bonchev–Trinajstić information content (AvgIpc) is 2.01. The number of ether oxygens (including phenoxy) is 1. The molecule has 0 spiro atoms. The van der Waals surface area contributed by atoms with Gasteiger partial charge in [0.15, 0.2) is 0 Å². The van der Waals surface area contributed by atoms with Gasteiger partial charge in [0.2, 0.25) is 0 Å². The van der Waals surface area contributed by atoms with Crippen molar-refractivity contribution < 1.29 is 9.13 Å². The fraction of sp³-hybridized carbons (Fsp3) is 0.444. The molecule has 0 N–H and O–H groups in total. The molecule has 1 rings (SSSR count). The monoisotopic (exact) mass is 247 g/mol. The molecule has 0 aliphatic rings. The third kappa shape index (κ3) is 2.66. The molecule has 13 heavy (non-hydrogen) atoms. The Kier molecular flexibility index (Phi) is 2.91. The summed E-state index contributed by atoms with van der Waals surface area (Å²) in [7, 11) is 1.54. The first kappa shape index (κ1) is 10.4. The van der Waals surface area contributed by atoms with E-state index in [2.05, 4.69) is 20.9 Å². The highest BCUT2D eigenvalue weighted by molar-refractivity contribution is 9.10. The van der Waals surface area contributed by atoms with Crippen molar-refractivity contribution in [1.82, 2.24) is 4.98 Å². The molecule has 1 heterocycles. The Labute approximate surface area is 85.3 Å². The van der Waals surface area contributed by atoms with Gasteiger partial charge < -0.3 is 4.74 Å². The molecule has 1 aromatic rings. The first-order valence-corrected chi connectivity index (χ1v) is 4.64. The van der Waals surface area contributed by atoms with Gasteiger partial charge in [-0.1, -0.05) is 0 Å². The summed E-state index contributed by atoms with van der Waals surface area (Å²) in [5.74, 6) is 0.600. The summed E-state index contributed by atoms with van der Waals surface area (Å²) in [4.78, 5) is 4.01. The van der Waals surface area contributed by atoms with Gasteiger partial charge >= 0.3 is 0 Å². The summed E-state index contributed by atoms with van der Waals surface area (Å²) < 4.78 is 19.0. The maximum atomic E-state index is 13.5. The molecule has 0 fully saturated rings. The summed E-state index contributed by atoms with van der Waals surface area (Å²) >= 11 is 3.19. The van der Waals surface area contributed by atoms with Gasteiger partial charge in [0.1, 0.15) is 16.0 Å². The Morgan fingerprint density at radius 3 is 2.54 bits per heavy atom. The van der Waals surface area contributed by atoms with Crippen LogP contribution < -0.4 is 4.74 Å². The van der Waals surface area contributed by atoms with E-state index in [1.807, 2.05) is 0 Å². The van der Waals surface area contributed by atoms with Crippen LogP contribution in [-0.4, -0.2) is 12.1 Å². The second-order valence-electron chi connectivity index (χ2n) is 3.19. The molecule has 0 atom stereocenters. The van der Waals surface area contributed by atoms with Crippen molar-refractivity contribution >= 4 is 15.9 Å². The second-order valence-corrected chi connectivity index (χ2v) is 4.00. The Morgan fingerprint density at radius 2 is 2.08 bits per heavy atom. The molecular weight excluding hydrogens is 237 g/mol. The second kappa shape index (κ2) is 3.62. The van der Waals surface area contributed by atoms with Crippen molar-refractivity contribution in [2.75, 3.05) is 7.11 Å². The zero-order valence-corrected chi connectivity index (χ0v) is 9.35. The predicted octanol–water partition coefficient (Wildman–Crippen LogP) is 3.06. The van der Waals surface area contributed by atoms with Gasteiger partial charge in [-0.05, 0) is 29.8 Å². The number of hydrogen-bond acceptors (Lipinski definition) is 2. The first-order valence-electron chi connectivity index (χ1n) is 3.84. The van der Waals surface area contributed by atoms with Gasteiger partial charge in [-0.25, -0.2) is 9.37 Å². The van der Waals surface area contributed by atoms with Gasteiger partial charge in [-0.3, -0.25) is 0 Å². The van der Waals surface area contributed by atoms with E-state index in [1.54, 1.807) is 12.1 Å². The highest BCUT2D eigenvalue weighted by Crippen LogP contribution is 2.27. The molecule has 0 radical (unpaired) electrons. The van der Waals surface area contributed by atoms with E-state index in [9.17, 15) is 4.39 Å². The number of methoxy groups -OCH3 is 1. The minimum Gasteiger partial charge on any atom is -0.497 e. The first-order chi connectivity index (χ1) is 5.93. The number of alkyl halides is 1. The number of rotatable bonds is 2. The molecule has 0 aromatic carbocycles. The van der Waals surface area contributed by atoms with E-state index in [1.165, 1.54) is 21.0 Å². The van der Waals surface area contributed by atoms with Crippen LogP contribution in [0.25, 0.3) is 0 Å². The standard InChI is InChI=1S/C9H11BrFNO/c1-9(2,11)7-4-6(13-3)5-8(10)12-7/h4-5H,1-3H3. The molecule has 0 aliphatic heterocycles. The van der Waals surface area contributed by atoms with Crippen LogP contribution in [0.1, 0.15) is 19.5 Å². The number of hydrogen-bond donors (Lipinski definition) is 0. The van der Waals surface area contributed by atoms with Crippen molar-refractivity contribution in [1.29, 1.82) is 0 Å². The van der Waals surface area contributed by atoms with Crippen molar-refractivity contribution in [2.45, 2.75) is 19.5 Å². The maximum absolute atomic E-state index is 13.5. The summed E-state index contributed by atoms with van der Waals surface area (Å²) in [6.45, 7) is 2.92. The molecule has 2 nitrogen and oxygen atoms in total. The Hall–Kier alpha value is -0.640. The molecule has 0 saturated heterocycles. The van der Waals surface area contributed by atoms with E-state index in [4.69, 9.17) is 4.74 Å². The molecule has 0 saturated carbocycles. The maximum Gasteiger partial charge on any atom is 0.147 e. The van der Waals surface area contributed by atoms with Gasteiger partial charge in [0.25, 0.3) is 0 Å². The lowest BCUT2D eigenvalue weighted by Gasteiger charge is -2.14. The highest BCUT2D eigenvalue weighted by Gasteiger charge is 2.21. The third-order valence-corrected chi connectivity index (χ3v) is 2.02. The van der Waals surface area contributed by atoms with Crippen molar-refractivity contribution in [2.24, 2.45) is 0 Å². The number of halogens is 2. The van der Waals surface area contributed by atoms with Crippen LogP contribution in [0.5, 0.6) is 5.75 Å². The lowest BCUT2D eigenvalue weighted by Crippen LogP contribution is -2.11. The number of pyridine rings is 1. The number of aromatic nitrogens is 1. The lowest BCUT2D eigenvalue weighted by atomic mass is 10.1. The van der Waals surface area contributed by atoms with Crippen molar-refractivity contribution in [3.63, 3.8) is 0 Å². The Bertz CT molecular complexity index is 309. The summed E-state index contributed by atoms with van der Waals surface area (Å²) in [6.07, 6.45) is 0. The minimum atomic E-state index is -1.45. The average molecular weight is 248 g/mol. The van der Waals surface area contributed by atoms with Crippen LogP contribution in [0.3, 0.4) is 0 Å². The topological polar surface area (TPSA) is 22.1 Å². The quantitative estimate of drug-likeness (QED) is 0.750. The van der Waals surface area contributed by atoms with Gasteiger partial charge in [-0.2, -0.15) is 0 Å². The van der Waals surface area contributed by atoms with Gasteiger partial charge in [0.05, 0.1) is 12.8 Å². The Balaban J connectivity index is 3.16. The van der Waals surface area contributed by atoms with E-state index in [0.717, 1.165) is 0 Å². The molecule has 0 bridgehead atoms. The third-order valence-electron chi connectivity index (χ3n) is 1.61. The van der Waals surface area contributed by atoms with Crippen LogP contribution in [0, 0.1) is 0 Å².